The van der Waals surface area contributed by atoms with Gasteiger partial charge >= 0.3 is 0 Å². The lowest BCUT2D eigenvalue weighted by Crippen LogP contribution is -1.99. The fourth-order valence-electron chi connectivity index (χ4n) is 0.977. The van der Waals surface area contributed by atoms with Crippen LogP contribution in [0.1, 0.15) is 19.8 Å². The van der Waals surface area contributed by atoms with E-state index in [1.165, 1.54) is 0 Å². The minimum absolute atomic E-state index is 0.601. The molecule has 0 saturated heterocycles. The Bertz CT molecular complexity index is 276. The van der Waals surface area contributed by atoms with Crippen LogP contribution in [0.2, 0.25) is 5.02 Å². The number of nitrogens with two attached hydrogens (primary N) is 1. The van der Waals surface area contributed by atoms with E-state index in [0.29, 0.717) is 17.3 Å². The Morgan fingerprint density at radius 2 is 2.23 bits per heavy atom. The molecule has 0 aliphatic heterocycles. The largest absolute Gasteiger partial charge is 0.491 e. The summed E-state index contributed by atoms with van der Waals surface area (Å²) in [7, 11) is 0. The molecule has 0 amide bonds. The van der Waals surface area contributed by atoms with E-state index in [1.807, 2.05) is 0 Å². The van der Waals surface area contributed by atoms with Gasteiger partial charge in [0, 0.05) is 5.02 Å². The molecule has 0 radical (unpaired) electrons. The van der Waals surface area contributed by atoms with E-state index in [2.05, 4.69) is 6.92 Å². The molecule has 0 bridgehead atoms. The molecule has 3 heteroatoms. The predicted octanol–water partition coefficient (Wildman–Crippen LogP) is 3.10. The summed E-state index contributed by atoms with van der Waals surface area (Å²) in [5, 5.41) is 0.639. The zero-order chi connectivity index (χ0) is 9.68. The van der Waals surface area contributed by atoms with Crippen LogP contribution >= 0.6 is 11.6 Å². The van der Waals surface area contributed by atoms with Gasteiger partial charge in [0.15, 0.2) is 0 Å². The van der Waals surface area contributed by atoms with Gasteiger partial charge in [-0.05, 0) is 24.6 Å². The summed E-state index contributed by atoms with van der Waals surface area (Å²) in [6.07, 6.45) is 2.16. The van der Waals surface area contributed by atoms with Gasteiger partial charge in [0.1, 0.15) is 5.75 Å². The summed E-state index contributed by atoms with van der Waals surface area (Å²) >= 11 is 5.74. The smallest absolute Gasteiger partial charge is 0.142 e. The highest BCUT2D eigenvalue weighted by atomic mass is 35.5. The Balaban J connectivity index is 2.56. The molecule has 0 saturated carbocycles. The number of unbranched alkanes of at least 4 members (excludes halogenated alkanes) is 1. The van der Waals surface area contributed by atoms with Crippen molar-refractivity contribution >= 4 is 17.3 Å². The second-order valence-electron chi connectivity index (χ2n) is 2.88. The molecule has 1 rings (SSSR count). The molecule has 0 fully saturated rings. The van der Waals surface area contributed by atoms with E-state index < -0.39 is 0 Å². The lowest BCUT2D eigenvalue weighted by molar-refractivity contribution is 0.311. The SMILES string of the molecule is CCCCOc1ccc(Cl)cc1N. The maximum Gasteiger partial charge on any atom is 0.142 e. The Morgan fingerprint density at radius 1 is 1.46 bits per heavy atom. The number of halogens is 1. The Morgan fingerprint density at radius 3 is 2.85 bits per heavy atom. The molecule has 13 heavy (non-hydrogen) atoms. The molecule has 0 heterocycles. The molecule has 0 spiro atoms. The number of ether oxygens (including phenoxy) is 1. The van der Waals surface area contributed by atoms with E-state index in [-0.39, 0.29) is 0 Å². The predicted molar refractivity (Wildman–Crippen MR) is 56.3 cm³/mol. The molecule has 0 unspecified atom stereocenters. The van der Waals surface area contributed by atoms with Crippen LogP contribution in [-0.2, 0) is 0 Å². The van der Waals surface area contributed by atoms with Crippen LogP contribution in [0.25, 0.3) is 0 Å². The minimum atomic E-state index is 0.601. The van der Waals surface area contributed by atoms with E-state index in [9.17, 15) is 0 Å². The normalized spacial score (nSPS) is 10.0. The fraction of sp³-hybridized carbons (Fsp3) is 0.400. The van der Waals surface area contributed by atoms with Crippen LogP contribution in [-0.4, -0.2) is 6.61 Å². The summed E-state index contributed by atoms with van der Waals surface area (Å²) in [5.74, 6) is 0.720. The van der Waals surface area contributed by atoms with Gasteiger partial charge in [-0.3, -0.25) is 0 Å². The molecular weight excluding hydrogens is 186 g/mol. The van der Waals surface area contributed by atoms with Gasteiger partial charge in [-0.25, -0.2) is 0 Å². The molecule has 72 valence electrons. The van der Waals surface area contributed by atoms with Crippen molar-refractivity contribution < 1.29 is 4.74 Å². The third-order valence-electron chi connectivity index (χ3n) is 1.73. The van der Waals surface area contributed by atoms with Gasteiger partial charge in [0.2, 0.25) is 0 Å². The van der Waals surface area contributed by atoms with E-state index in [1.54, 1.807) is 18.2 Å². The second kappa shape index (κ2) is 4.97. The number of hydrogen-bond acceptors (Lipinski definition) is 2. The summed E-state index contributed by atoms with van der Waals surface area (Å²) in [6, 6.07) is 5.27. The lowest BCUT2D eigenvalue weighted by Gasteiger charge is -2.07. The fourth-order valence-corrected chi connectivity index (χ4v) is 1.16. The summed E-state index contributed by atoms with van der Waals surface area (Å²) in [5.41, 5.74) is 6.29. The summed E-state index contributed by atoms with van der Waals surface area (Å²) < 4.78 is 5.45. The molecule has 0 atom stereocenters. The Hall–Kier alpha value is -0.890. The zero-order valence-corrected chi connectivity index (χ0v) is 8.47. The van der Waals surface area contributed by atoms with E-state index in [4.69, 9.17) is 22.1 Å². The number of benzene rings is 1. The zero-order valence-electron chi connectivity index (χ0n) is 7.72. The molecular formula is C10H14ClNO. The van der Waals surface area contributed by atoms with Crippen molar-refractivity contribution in [2.45, 2.75) is 19.8 Å². The number of hydrogen-bond donors (Lipinski definition) is 1. The van der Waals surface area contributed by atoms with Crippen molar-refractivity contribution in [2.75, 3.05) is 12.3 Å². The van der Waals surface area contributed by atoms with Gasteiger partial charge < -0.3 is 10.5 Å². The maximum atomic E-state index is 5.74. The highest BCUT2D eigenvalue weighted by Crippen LogP contribution is 2.24. The molecule has 0 aliphatic rings. The molecule has 0 aromatic heterocycles. The molecule has 1 aromatic carbocycles. The average molecular weight is 200 g/mol. The summed E-state index contributed by atoms with van der Waals surface area (Å²) in [4.78, 5) is 0. The van der Waals surface area contributed by atoms with Gasteiger partial charge in [0.05, 0.1) is 12.3 Å². The minimum Gasteiger partial charge on any atom is -0.491 e. The first-order chi connectivity index (χ1) is 6.24. The van der Waals surface area contributed by atoms with Gasteiger partial charge in [0.25, 0.3) is 0 Å². The topological polar surface area (TPSA) is 35.2 Å². The molecule has 2 nitrogen and oxygen atoms in total. The monoisotopic (exact) mass is 199 g/mol. The van der Waals surface area contributed by atoms with Crippen molar-refractivity contribution in [2.24, 2.45) is 0 Å². The highest BCUT2D eigenvalue weighted by molar-refractivity contribution is 6.30. The third-order valence-corrected chi connectivity index (χ3v) is 1.96. The van der Waals surface area contributed by atoms with Crippen LogP contribution in [0, 0.1) is 0 Å². The Labute approximate surface area is 83.6 Å². The number of anilines is 1. The second-order valence-corrected chi connectivity index (χ2v) is 3.32. The van der Waals surface area contributed by atoms with Crippen molar-refractivity contribution in [1.29, 1.82) is 0 Å². The van der Waals surface area contributed by atoms with Crippen molar-refractivity contribution in [3.05, 3.63) is 23.2 Å². The maximum absolute atomic E-state index is 5.74. The number of nitrogen functional groups attached to an aromatic ring is 1. The van der Waals surface area contributed by atoms with Crippen molar-refractivity contribution in [3.63, 3.8) is 0 Å². The first-order valence-corrected chi connectivity index (χ1v) is 4.79. The first-order valence-electron chi connectivity index (χ1n) is 4.42. The quantitative estimate of drug-likeness (QED) is 0.598. The highest BCUT2D eigenvalue weighted by Gasteiger charge is 1.99. The number of rotatable bonds is 4. The molecule has 1 aromatic rings. The van der Waals surface area contributed by atoms with Crippen LogP contribution in [0.3, 0.4) is 0 Å². The van der Waals surface area contributed by atoms with Crippen LogP contribution in [0.5, 0.6) is 5.75 Å². The van der Waals surface area contributed by atoms with Crippen molar-refractivity contribution in [1.82, 2.24) is 0 Å². The van der Waals surface area contributed by atoms with E-state index >= 15 is 0 Å². The lowest BCUT2D eigenvalue weighted by atomic mass is 10.3. The van der Waals surface area contributed by atoms with Crippen LogP contribution < -0.4 is 10.5 Å². The van der Waals surface area contributed by atoms with Crippen LogP contribution in [0.15, 0.2) is 18.2 Å². The van der Waals surface area contributed by atoms with Gasteiger partial charge in [-0.15, -0.1) is 0 Å². The molecule has 0 aliphatic carbocycles. The van der Waals surface area contributed by atoms with Gasteiger partial charge in [-0.2, -0.15) is 0 Å². The van der Waals surface area contributed by atoms with Crippen molar-refractivity contribution in [3.8, 4) is 5.75 Å². The first kappa shape index (κ1) is 10.2. The van der Waals surface area contributed by atoms with Crippen LogP contribution in [0.4, 0.5) is 5.69 Å². The average Bonchev–Trinajstić information content (AvgIpc) is 2.09. The van der Waals surface area contributed by atoms with E-state index in [0.717, 1.165) is 18.6 Å². The third kappa shape index (κ3) is 3.15. The Kier molecular flexibility index (Phi) is 3.90. The van der Waals surface area contributed by atoms with Gasteiger partial charge in [-0.1, -0.05) is 24.9 Å². The summed E-state index contributed by atoms with van der Waals surface area (Å²) in [6.45, 7) is 2.83. The standard InChI is InChI=1S/C10H14ClNO/c1-2-3-6-13-10-5-4-8(11)7-9(10)12/h4-5,7H,2-3,6,12H2,1H3. The molecule has 2 N–H and O–H groups in total.